The third-order valence-electron chi connectivity index (χ3n) is 4.14. The van der Waals surface area contributed by atoms with Gasteiger partial charge in [-0.1, -0.05) is 12.8 Å². The first-order chi connectivity index (χ1) is 9.44. The summed E-state index contributed by atoms with van der Waals surface area (Å²) in [4.78, 5) is 3.87. The van der Waals surface area contributed by atoms with E-state index in [1.54, 1.807) is 14.2 Å². The molecule has 0 aromatic carbocycles. The molecule has 1 aromatic rings. The Balaban J connectivity index is 2.47. The molecule has 2 rings (SSSR count). The zero-order chi connectivity index (χ0) is 14.8. The zero-order valence-electron chi connectivity index (χ0n) is 11.6. The second kappa shape index (κ2) is 5.69. The van der Waals surface area contributed by atoms with Crippen molar-refractivity contribution in [3.05, 3.63) is 29.6 Å². The molecule has 1 unspecified atom stereocenters. The first-order valence-corrected chi connectivity index (χ1v) is 6.68. The first kappa shape index (κ1) is 15.3. The molecule has 1 aliphatic carbocycles. The number of nitrogens with one attached hydrogen (secondary N) is 1. The summed E-state index contributed by atoms with van der Waals surface area (Å²) in [6.45, 7) is 0. The van der Waals surface area contributed by atoms with Crippen molar-refractivity contribution in [1.82, 2.24) is 10.3 Å². The quantitative estimate of drug-likeness (QED) is 0.923. The molecular formula is C14H19F3N2O. The summed E-state index contributed by atoms with van der Waals surface area (Å²) in [5.74, 6) is 0. The van der Waals surface area contributed by atoms with Crippen LogP contribution in [0, 0.1) is 0 Å². The van der Waals surface area contributed by atoms with Gasteiger partial charge in [0.1, 0.15) is 0 Å². The molecule has 0 spiro atoms. The predicted octanol–water partition coefficient (Wildman–Crippen LogP) is 3.32. The number of ether oxygens (including phenoxy) is 1. The maximum atomic E-state index is 13.2. The van der Waals surface area contributed by atoms with E-state index < -0.39 is 23.4 Å². The minimum absolute atomic E-state index is 0.159. The van der Waals surface area contributed by atoms with Gasteiger partial charge in [-0.25, -0.2) is 0 Å². The van der Waals surface area contributed by atoms with E-state index in [1.165, 1.54) is 12.4 Å². The van der Waals surface area contributed by atoms with Crippen LogP contribution in [0.25, 0.3) is 0 Å². The van der Waals surface area contributed by atoms with Crippen LogP contribution >= 0.6 is 0 Å². The Bertz CT molecular complexity index is 456. The number of aromatic nitrogens is 1. The van der Waals surface area contributed by atoms with Gasteiger partial charge in [-0.2, -0.15) is 13.2 Å². The number of methoxy groups -OCH3 is 1. The smallest absolute Gasteiger partial charge is 0.376 e. The van der Waals surface area contributed by atoms with Crippen molar-refractivity contribution < 1.29 is 17.9 Å². The van der Waals surface area contributed by atoms with Gasteiger partial charge in [-0.05, 0) is 26.0 Å². The van der Waals surface area contributed by atoms with Crippen LogP contribution < -0.4 is 5.32 Å². The highest BCUT2D eigenvalue weighted by Gasteiger charge is 2.45. The molecule has 0 bridgehead atoms. The van der Waals surface area contributed by atoms with E-state index in [4.69, 9.17) is 4.74 Å². The number of hydrogen-bond acceptors (Lipinski definition) is 3. The monoisotopic (exact) mass is 288 g/mol. The zero-order valence-corrected chi connectivity index (χ0v) is 11.6. The van der Waals surface area contributed by atoms with Crippen molar-refractivity contribution in [2.24, 2.45) is 0 Å². The third-order valence-corrected chi connectivity index (χ3v) is 4.14. The molecule has 1 N–H and O–H groups in total. The highest BCUT2D eigenvalue weighted by atomic mass is 19.4. The molecule has 3 nitrogen and oxygen atoms in total. The van der Waals surface area contributed by atoms with Crippen LogP contribution in [0.15, 0.2) is 18.5 Å². The average molecular weight is 288 g/mol. The summed E-state index contributed by atoms with van der Waals surface area (Å²) >= 11 is 0. The molecule has 6 heteroatoms. The summed E-state index contributed by atoms with van der Waals surface area (Å²) in [7, 11) is 3.23. The molecule has 1 atom stereocenters. The van der Waals surface area contributed by atoms with Crippen LogP contribution in [0.4, 0.5) is 13.2 Å². The SMILES string of the molecule is CNC(c1cnccc1C(F)(F)F)C1(OC)CCCC1. The summed E-state index contributed by atoms with van der Waals surface area (Å²) < 4.78 is 45.1. The van der Waals surface area contributed by atoms with Crippen LogP contribution in [-0.4, -0.2) is 24.7 Å². The molecule has 112 valence electrons. The second-order valence-corrected chi connectivity index (χ2v) is 5.16. The lowest BCUT2D eigenvalue weighted by atomic mass is 9.85. The normalized spacial score (nSPS) is 20.1. The van der Waals surface area contributed by atoms with Gasteiger partial charge in [-0.15, -0.1) is 0 Å². The van der Waals surface area contributed by atoms with E-state index in [0.717, 1.165) is 31.7 Å². The molecule has 1 saturated carbocycles. The molecule has 1 fully saturated rings. The number of pyridine rings is 1. The largest absolute Gasteiger partial charge is 0.416 e. The van der Waals surface area contributed by atoms with Crippen LogP contribution in [0.1, 0.15) is 42.9 Å². The van der Waals surface area contributed by atoms with E-state index in [9.17, 15) is 13.2 Å². The minimum atomic E-state index is -4.39. The van der Waals surface area contributed by atoms with Crippen LogP contribution in [0.2, 0.25) is 0 Å². The molecular weight excluding hydrogens is 269 g/mol. The van der Waals surface area contributed by atoms with E-state index in [-0.39, 0.29) is 5.56 Å². The fourth-order valence-corrected chi connectivity index (χ4v) is 3.18. The van der Waals surface area contributed by atoms with Gasteiger partial charge >= 0.3 is 6.18 Å². The van der Waals surface area contributed by atoms with Crippen molar-refractivity contribution in [3.63, 3.8) is 0 Å². The molecule has 1 aromatic heterocycles. The molecule has 1 aliphatic rings. The minimum Gasteiger partial charge on any atom is -0.376 e. The lowest BCUT2D eigenvalue weighted by Gasteiger charge is -2.37. The molecule has 20 heavy (non-hydrogen) atoms. The van der Waals surface area contributed by atoms with Crippen molar-refractivity contribution in [1.29, 1.82) is 0 Å². The highest BCUT2D eigenvalue weighted by molar-refractivity contribution is 5.32. The number of hydrogen-bond donors (Lipinski definition) is 1. The van der Waals surface area contributed by atoms with Gasteiger partial charge in [0.15, 0.2) is 0 Å². The number of rotatable bonds is 4. The van der Waals surface area contributed by atoms with Crippen molar-refractivity contribution in [2.45, 2.75) is 43.5 Å². The fourth-order valence-electron chi connectivity index (χ4n) is 3.18. The Hall–Kier alpha value is -1.14. The lowest BCUT2D eigenvalue weighted by molar-refractivity contribution is -0.139. The average Bonchev–Trinajstić information content (AvgIpc) is 2.89. The van der Waals surface area contributed by atoms with Crippen LogP contribution in [0.5, 0.6) is 0 Å². The summed E-state index contributed by atoms with van der Waals surface area (Å²) in [6, 6.07) is 0.512. The maximum absolute atomic E-state index is 13.2. The van der Waals surface area contributed by atoms with Crippen LogP contribution in [-0.2, 0) is 10.9 Å². The van der Waals surface area contributed by atoms with E-state index >= 15 is 0 Å². The van der Waals surface area contributed by atoms with E-state index in [0.29, 0.717) is 0 Å². The maximum Gasteiger partial charge on any atom is 0.416 e. The molecule has 0 aliphatic heterocycles. The number of likely N-dealkylation sites (N-methyl/N-ethyl adjacent to an activating group) is 1. The summed E-state index contributed by atoms with van der Waals surface area (Å²) in [5, 5.41) is 3.00. The molecule has 1 heterocycles. The number of nitrogens with zero attached hydrogens (tertiary/aromatic N) is 1. The molecule has 0 radical (unpaired) electrons. The number of alkyl halides is 3. The van der Waals surface area contributed by atoms with Crippen molar-refractivity contribution in [3.8, 4) is 0 Å². The Morgan fingerprint density at radius 1 is 1.35 bits per heavy atom. The molecule has 0 saturated heterocycles. The Kier molecular flexibility index (Phi) is 4.34. The second-order valence-electron chi connectivity index (χ2n) is 5.16. The highest BCUT2D eigenvalue weighted by Crippen LogP contribution is 2.45. The summed E-state index contributed by atoms with van der Waals surface area (Å²) in [5.41, 5.74) is -1.07. The van der Waals surface area contributed by atoms with Gasteiger partial charge in [0.25, 0.3) is 0 Å². The Morgan fingerprint density at radius 2 is 2.00 bits per heavy atom. The summed E-state index contributed by atoms with van der Waals surface area (Å²) in [6.07, 6.45) is 1.51. The standard InChI is InChI=1S/C14H19F3N2O/c1-18-12(13(20-2)6-3-4-7-13)10-9-19-8-5-11(10)14(15,16)17/h5,8-9,12,18H,3-4,6-7H2,1-2H3. The van der Waals surface area contributed by atoms with Crippen molar-refractivity contribution in [2.75, 3.05) is 14.2 Å². The van der Waals surface area contributed by atoms with Gasteiger partial charge in [0, 0.05) is 25.1 Å². The van der Waals surface area contributed by atoms with Gasteiger partial charge in [0.05, 0.1) is 17.2 Å². The third kappa shape index (κ3) is 2.67. The molecule has 0 amide bonds. The van der Waals surface area contributed by atoms with Gasteiger partial charge in [-0.3, -0.25) is 4.98 Å². The van der Waals surface area contributed by atoms with Crippen molar-refractivity contribution >= 4 is 0 Å². The number of halogens is 3. The first-order valence-electron chi connectivity index (χ1n) is 6.68. The fraction of sp³-hybridized carbons (Fsp3) is 0.643. The Labute approximate surface area is 116 Å². The van der Waals surface area contributed by atoms with Crippen LogP contribution in [0.3, 0.4) is 0 Å². The van der Waals surface area contributed by atoms with E-state index in [1.807, 2.05) is 0 Å². The topological polar surface area (TPSA) is 34.2 Å². The van der Waals surface area contributed by atoms with Gasteiger partial charge < -0.3 is 10.1 Å². The Morgan fingerprint density at radius 3 is 2.50 bits per heavy atom. The van der Waals surface area contributed by atoms with E-state index in [2.05, 4.69) is 10.3 Å². The predicted molar refractivity (Wildman–Crippen MR) is 69.2 cm³/mol. The van der Waals surface area contributed by atoms with Gasteiger partial charge in [0.2, 0.25) is 0 Å². The lowest BCUT2D eigenvalue weighted by Crippen LogP contribution is -2.43.